The van der Waals surface area contributed by atoms with E-state index in [1.807, 2.05) is 24.3 Å². The molecule has 0 bridgehead atoms. The topological polar surface area (TPSA) is 30.9 Å². The maximum Gasteiger partial charge on any atom is 0.0484 e. The first-order valence-corrected chi connectivity index (χ1v) is 6.19. The summed E-state index contributed by atoms with van der Waals surface area (Å²) >= 11 is 5.98. The van der Waals surface area contributed by atoms with Gasteiger partial charge in [0.2, 0.25) is 0 Å². The number of aromatic nitrogens is 1. The molecule has 0 aliphatic rings. The van der Waals surface area contributed by atoms with Gasteiger partial charge in [0, 0.05) is 34.4 Å². The summed E-state index contributed by atoms with van der Waals surface area (Å²) in [5.74, 6) is 0. The van der Waals surface area contributed by atoms with E-state index < -0.39 is 0 Å². The van der Waals surface area contributed by atoms with Crippen LogP contribution in [0.15, 0.2) is 54.7 Å². The molecule has 0 spiro atoms. The van der Waals surface area contributed by atoms with Gasteiger partial charge in [0.05, 0.1) is 0 Å². The van der Waals surface area contributed by atoms with E-state index in [0.29, 0.717) is 0 Å². The van der Waals surface area contributed by atoms with Gasteiger partial charge in [-0.3, -0.25) is 0 Å². The smallest absolute Gasteiger partial charge is 0.0484 e. The molecule has 0 unspecified atom stereocenters. The van der Waals surface area contributed by atoms with Crippen molar-refractivity contribution in [1.82, 2.24) is 4.57 Å². The third kappa shape index (κ3) is 2.07. The van der Waals surface area contributed by atoms with E-state index in [1.165, 1.54) is 11.1 Å². The summed E-state index contributed by atoms with van der Waals surface area (Å²) < 4.78 is 2.21. The number of benzene rings is 2. The Bertz CT molecular complexity index is 683. The van der Waals surface area contributed by atoms with Gasteiger partial charge in [0.15, 0.2) is 0 Å². The number of nitrogens with zero attached hydrogens (tertiary/aromatic N) is 1. The first-order valence-electron chi connectivity index (χ1n) is 5.81. The monoisotopic (exact) mass is 256 g/mol. The van der Waals surface area contributed by atoms with Gasteiger partial charge in [0.25, 0.3) is 0 Å². The maximum absolute atomic E-state index is 5.98. The average Bonchev–Trinajstić information content (AvgIpc) is 2.74. The van der Waals surface area contributed by atoms with Crippen LogP contribution in [0.5, 0.6) is 0 Å². The minimum absolute atomic E-state index is 0.771. The zero-order valence-electron chi connectivity index (χ0n) is 9.81. The normalized spacial score (nSPS) is 10.9. The Morgan fingerprint density at radius 3 is 2.56 bits per heavy atom. The van der Waals surface area contributed by atoms with Gasteiger partial charge in [-0.25, -0.2) is 0 Å². The fourth-order valence-corrected chi connectivity index (χ4v) is 2.31. The molecule has 0 aliphatic carbocycles. The van der Waals surface area contributed by atoms with E-state index in [1.54, 1.807) is 0 Å². The van der Waals surface area contributed by atoms with Gasteiger partial charge in [-0.1, -0.05) is 23.7 Å². The number of nitrogen functional groups attached to an aromatic ring is 1. The Balaban J connectivity index is 1.97. The molecular formula is C15H13ClN2. The molecule has 0 aliphatic heterocycles. The van der Waals surface area contributed by atoms with Crippen LogP contribution in [0, 0.1) is 0 Å². The second kappa shape index (κ2) is 4.39. The Hall–Kier alpha value is -1.93. The molecule has 0 amide bonds. The average molecular weight is 257 g/mol. The second-order valence-electron chi connectivity index (χ2n) is 4.39. The van der Waals surface area contributed by atoms with Crippen LogP contribution < -0.4 is 5.73 Å². The molecule has 90 valence electrons. The van der Waals surface area contributed by atoms with Crippen LogP contribution in [0.25, 0.3) is 10.9 Å². The number of fused-ring (bicyclic) bond motifs is 1. The highest BCUT2D eigenvalue weighted by Gasteiger charge is 2.02. The zero-order valence-corrected chi connectivity index (χ0v) is 10.6. The highest BCUT2D eigenvalue weighted by Crippen LogP contribution is 2.21. The molecule has 1 aromatic heterocycles. The van der Waals surface area contributed by atoms with Crippen LogP contribution in [0.4, 0.5) is 5.69 Å². The Kier molecular flexibility index (Phi) is 2.73. The summed E-state index contributed by atoms with van der Waals surface area (Å²) in [6.45, 7) is 0.839. The standard InChI is InChI=1S/C15H13ClN2/c16-13-3-6-15-12(9-13)7-8-18(15)10-11-1-4-14(17)5-2-11/h1-9H,10,17H2. The summed E-state index contributed by atoms with van der Waals surface area (Å²) in [7, 11) is 0. The van der Waals surface area contributed by atoms with Gasteiger partial charge >= 0.3 is 0 Å². The summed E-state index contributed by atoms with van der Waals surface area (Å²) in [5.41, 5.74) is 8.90. The van der Waals surface area contributed by atoms with E-state index >= 15 is 0 Å². The van der Waals surface area contributed by atoms with Crippen LogP contribution in [0.1, 0.15) is 5.56 Å². The second-order valence-corrected chi connectivity index (χ2v) is 4.82. The predicted molar refractivity (Wildman–Crippen MR) is 76.9 cm³/mol. The molecule has 2 N–H and O–H groups in total. The predicted octanol–water partition coefficient (Wildman–Crippen LogP) is 3.93. The molecule has 18 heavy (non-hydrogen) atoms. The molecule has 0 saturated carbocycles. The highest BCUT2D eigenvalue weighted by molar-refractivity contribution is 6.31. The van der Waals surface area contributed by atoms with E-state index in [0.717, 1.165) is 22.6 Å². The quantitative estimate of drug-likeness (QED) is 0.692. The lowest BCUT2D eigenvalue weighted by atomic mass is 10.2. The van der Waals surface area contributed by atoms with Crippen molar-refractivity contribution in [2.45, 2.75) is 6.54 Å². The molecule has 0 fully saturated rings. The number of nitrogens with two attached hydrogens (primary N) is 1. The van der Waals surface area contributed by atoms with Crippen LogP contribution in [-0.2, 0) is 6.54 Å². The van der Waals surface area contributed by atoms with Crippen LogP contribution in [0.3, 0.4) is 0 Å². The lowest BCUT2D eigenvalue weighted by Gasteiger charge is -2.06. The minimum atomic E-state index is 0.771. The van der Waals surface area contributed by atoms with Crippen LogP contribution >= 0.6 is 11.6 Å². The number of halogens is 1. The molecule has 0 atom stereocenters. The molecular weight excluding hydrogens is 244 g/mol. The number of anilines is 1. The van der Waals surface area contributed by atoms with E-state index in [4.69, 9.17) is 17.3 Å². The van der Waals surface area contributed by atoms with Crippen molar-refractivity contribution in [3.63, 3.8) is 0 Å². The van der Waals surface area contributed by atoms with Gasteiger partial charge in [-0.2, -0.15) is 0 Å². The van der Waals surface area contributed by atoms with E-state index in [9.17, 15) is 0 Å². The molecule has 3 aromatic rings. The van der Waals surface area contributed by atoms with Crippen molar-refractivity contribution in [3.05, 3.63) is 65.3 Å². The first-order chi connectivity index (χ1) is 8.72. The Morgan fingerprint density at radius 2 is 1.78 bits per heavy atom. The molecule has 1 heterocycles. The van der Waals surface area contributed by atoms with Gasteiger partial charge < -0.3 is 10.3 Å². The molecule has 0 saturated heterocycles. The summed E-state index contributed by atoms with van der Waals surface area (Å²) in [5, 5.41) is 1.94. The van der Waals surface area contributed by atoms with Crippen molar-refractivity contribution in [3.8, 4) is 0 Å². The molecule has 0 radical (unpaired) electrons. The lowest BCUT2D eigenvalue weighted by molar-refractivity contribution is 0.837. The summed E-state index contributed by atoms with van der Waals surface area (Å²) in [4.78, 5) is 0. The van der Waals surface area contributed by atoms with Gasteiger partial charge in [-0.05, 0) is 42.0 Å². The molecule has 3 rings (SSSR count). The zero-order chi connectivity index (χ0) is 12.5. The fraction of sp³-hybridized carbons (Fsp3) is 0.0667. The molecule has 2 nitrogen and oxygen atoms in total. The minimum Gasteiger partial charge on any atom is -0.399 e. The third-order valence-electron chi connectivity index (χ3n) is 3.07. The van der Waals surface area contributed by atoms with Gasteiger partial charge in [-0.15, -0.1) is 0 Å². The van der Waals surface area contributed by atoms with E-state index in [2.05, 4.69) is 35.0 Å². The lowest BCUT2D eigenvalue weighted by Crippen LogP contribution is -1.97. The van der Waals surface area contributed by atoms with Crippen molar-refractivity contribution < 1.29 is 0 Å². The van der Waals surface area contributed by atoms with E-state index in [-0.39, 0.29) is 0 Å². The number of hydrogen-bond acceptors (Lipinski definition) is 1. The third-order valence-corrected chi connectivity index (χ3v) is 3.30. The van der Waals surface area contributed by atoms with Crippen LogP contribution in [0.2, 0.25) is 5.02 Å². The molecule has 3 heteroatoms. The fourth-order valence-electron chi connectivity index (χ4n) is 2.13. The highest BCUT2D eigenvalue weighted by atomic mass is 35.5. The van der Waals surface area contributed by atoms with Crippen LogP contribution in [-0.4, -0.2) is 4.57 Å². The Morgan fingerprint density at radius 1 is 1.00 bits per heavy atom. The largest absolute Gasteiger partial charge is 0.399 e. The number of hydrogen-bond donors (Lipinski definition) is 1. The molecule has 2 aromatic carbocycles. The van der Waals surface area contributed by atoms with Crippen molar-refractivity contribution in [2.75, 3.05) is 5.73 Å². The van der Waals surface area contributed by atoms with Crippen molar-refractivity contribution >= 4 is 28.2 Å². The van der Waals surface area contributed by atoms with Crippen molar-refractivity contribution in [1.29, 1.82) is 0 Å². The van der Waals surface area contributed by atoms with Crippen molar-refractivity contribution in [2.24, 2.45) is 0 Å². The van der Waals surface area contributed by atoms with Gasteiger partial charge in [0.1, 0.15) is 0 Å². The number of rotatable bonds is 2. The summed E-state index contributed by atoms with van der Waals surface area (Å²) in [6.07, 6.45) is 2.08. The first kappa shape index (κ1) is 11.2. The Labute approximate surface area is 111 Å². The SMILES string of the molecule is Nc1ccc(Cn2ccc3cc(Cl)ccc32)cc1. The maximum atomic E-state index is 5.98. The summed E-state index contributed by atoms with van der Waals surface area (Å²) in [6, 6.07) is 16.0.